The van der Waals surface area contributed by atoms with Crippen LogP contribution in [0.15, 0.2) is 29.8 Å². The first-order chi connectivity index (χ1) is 20.1. The molecule has 1 amide bonds. The molecule has 43 heavy (non-hydrogen) atoms. The number of primary amides is 1. The Bertz CT molecular complexity index is 1570. The van der Waals surface area contributed by atoms with Gasteiger partial charge in [0.25, 0.3) is 5.91 Å². The minimum absolute atomic E-state index is 0.133. The van der Waals surface area contributed by atoms with E-state index in [2.05, 4.69) is 41.2 Å². The number of nitrogens with one attached hydrogen (secondary N) is 1. The molecule has 1 aromatic carbocycles. The number of halogens is 3. The summed E-state index contributed by atoms with van der Waals surface area (Å²) in [5.41, 5.74) is 10.5. The zero-order chi connectivity index (χ0) is 31.7. The number of rotatable bonds is 7. The molecule has 3 aromatic rings. The second-order valence-electron chi connectivity index (χ2n) is 11.2. The lowest BCUT2D eigenvalue weighted by Gasteiger charge is -2.31. The molecule has 0 radical (unpaired) electrons. The van der Waals surface area contributed by atoms with E-state index in [1.165, 1.54) is 18.4 Å². The Hall–Kier alpha value is -2.94. The minimum Gasteiger partial charge on any atom is -0.475 e. The molecular weight excluding hydrogens is 605 g/mol. The Balaban J connectivity index is 0.000000541. The van der Waals surface area contributed by atoms with Gasteiger partial charge in [0, 0.05) is 48.2 Å². The van der Waals surface area contributed by atoms with Gasteiger partial charge in [-0.15, -0.1) is 11.3 Å². The number of carbonyl (C=O) groups is 2. The molecule has 0 unspecified atom stereocenters. The Morgan fingerprint density at radius 3 is 2.23 bits per heavy atom. The average Bonchev–Trinajstić information content (AvgIpc) is 3.68. The number of carboxylic acids is 1. The van der Waals surface area contributed by atoms with Crippen LogP contribution >= 0.6 is 11.3 Å². The summed E-state index contributed by atoms with van der Waals surface area (Å²) in [6.07, 6.45) is 0.910. The number of thiophene rings is 1. The largest absolute Gasteiger partial charge is 0.490 e. The smallest absolute Gasteiger partial charge is 0.475 e. The molecule has 2 aromatic heterocycles. The number of alkyl halides is 3. The van der Waals surface area contributed by atoms with Crippen molar-refractivity contribution < 1.29 is 36.3 Å². The van der Waals surface area contributed by atoms with E-state index in [-0.39, 0.29) is 11.7 Å². The van der Waals surface area contributed by atoms with E-state index in [9.17, 15) is 26.4 Å². The maximum atomic E-state index is 12.4. The van der Waals surface area contributed by atoms with Crippen molar-refractivity contribution in [2.45, 2.75) is 77.2 Å². The van der Waals surface area contributed by atoms with Gasteiger partial charge in [-0.3, -0.25) is 9.69 Å². The zero-order valence-corrected chi connectivity index (χ0v) is 25.9. The highest BCUT2D eigenvalue weighted by molar-refractivity contribution is 7.89. The van der Waals surface area contributed by atoms with E-state index >= 15 is 0 Å². The fourth-order valence-corrected chi connectivity index (χ4v) is 7.96. The number of hydrogen-bond donors (Lipinski definition) is 3. The van der Waals surface area contributed by atoms with Crippen molar-refractivity contribution in [1.29, 1.82) is 0 Å². The molecule has 236 valence electrons. The van der Waals surface area contributed by atoms with E-state index in [1.807, 2.05) is 12.3 Å². The number of hydrogen-bond acceptors (Lipinski definition) is 6. The first-order valence-corrected chi connectivity index (χ1v) is 16.7. The van der Waals surface area contributed by atoms with Crippen LogP contribution in [0.1, 0.15) is 73.9 Å². The number of fused-ring (bicyclic) bond motifs is 1. The maximum Gasteiger partial charge on any atom is 0.490 e. The fraction of sp³-hybridized carbons (Fsp3) is 0.517. The van der Waals surface area contributed by atoms with Crippen LogP contribution in [0.5, 0.6) is 0 Å². The molecule has 4 N–H and O–H groups in total. The second kappa shape index (κ2) is 13.0. The number of nitrogens with zero attached hydrogens (tertiary/aromatic N) is 2. The molecule has 9 nitrogen and oxygen atoms in total. The number of H-pyrrole nitrogens is 1. The summed E-state index contributed by atoms with van der Waals surface area (Å²) in [6.45, 7) is 8.29. The van der Waals surface area contributed by atoms with Gasteiger partial charge in [-0.05, 0) is 92.6 Å². The molecular formula is C29H37F3N4O5S2. The topological polar surface area (TPSA) is 137 Å². The third-order valence-electron chi connectivity index (χ3n) is 8.42. The van der Waals surface area contributed by atoms with Crippen LogP contribution in [-0.2, 0) is 21.4 Å². The van der Waals surface area contributed by atoms with Crippen molar-refractivity contribution in [2.75, 3.05) is 18.8 Å². The molecule has 4 heterocycles. The highest BCUT2D eigenvalue weighted by Gasteiger charge is 2.38. The lowest BCUT2D eigenvalue weighted by Crippen LogP contribution is -2.38. The Labute approximate surface area is 252 Å². The van der Waals surface area contributed by atoms with Gasteiger partial charge in [0.1, 0.15) is 0 Å². The maximum absolute atomic E-state index is 12.4. The molecule has 2 atom stereocenters. The number of aromatic amines is 1. The van der Waals surface area contributed by atoms with E-state index < -0.39 is 28.1 Å². The van der Waals surface area contributed by atoms with E-state index in [1.54, 1.807) is 22.6 Å². The third kappa shape index (κ3) is 7.41. The van der Waals surface area contributed by atoms with Gasteiger partial charge in [-0.25, -0.2) is 17.5 Å². The van der Waals surface area contributed by atoms with Crippen molar-refractivity contribution in [2.24, 2.45) is 5.73 Å². The summed E-state index contributed by atoms with van der Waals surface area (Å²) in [5.74, 6) is -2.84. The summed E-state index contributed by atoms with van der Waals surface area (Å²) >= 11 is 1.70. The Morgan fingerprint density at radius 2 is 1.70 bits per heavy atom. The van der Waals surface area contributed by atoms with Gasteiger partial charge in [-0.1, -0.05) is 0 Å². The summed E-state index contributed by atoms with van der Waals surface area (Å²) < 4.78 is 57.9. The first kappa shape index (κ1) is 33.0. The molecule has 2 fully saturated rings. The van der Waals surface area contributed by atoms with Crippen molar-refractivity contribution in [1.82, 2.24) is 14.2 Å². The van der Waals surface area contributed by atoms with Crippen LogP contribution in [0.3, 0.4) is 0 Å². The van der Waals surface area contributed by atoms with Crippen molar-refractivity contribution >= 4 is 44.1 Å². The predicted molar refractivity (Wildman–Crippen MR) is 161 cm³/mol. The number of carboxylic acid groups (broad SMARTS) is 1. The number of aromatic nitrogens is 1. The van der Waals surface area contributed by atoms with Crippen LogP contribution in [0, 0.1) is 0 Å². The third-order valence-corrected chi connectivity index (χ3v) is 11.3. The van der Waals surface area contributed by atoms with Crippen LogP contribution in [0.2, 0.25) is 0 Å². The van der Waals surface area contributed by atoms with Crippen molar-refractivity contribution in [3.8, 4) is 10.4 Å². The Kier molecular flexibility index (Phi) is 9.94. The summed E-state index contributed by atoms with van der Waals surface area (Å²) in [6, 6.07) is 7.51. The van der Waals surface area contributed by atoms with Gasteiger partial charge in [0.2, 0.25) is 10.0 Å². The van der Waals surface area contributed by atoms with Gasteiger partial charge in [-0.2, -0.15) is 13.2 Å². The highest BCUT2D eigenvalue weighted by atomic mass is 32.2. The van der Waals surface area contributed by atoms with E-state index in [0.29, 0.717) is 30.7 Å². The quantitative estimate of drug-likeness (QED) is 0.310. The molecule has 14 heteroatoms. The number of amides is 1. The first-order valence-electron chi connectivity index (χ1n) is 14.2. The Morgan fingerprint density at radius 1 is 1.09 bits per heavy atom. The van der Waals surface area contributed by atoms with E-state index in [4.69, 9.17) is 15.6 Å². The summed E-state index contributed by atoms with van der Waals surface area (Å²) in [7, 11) is -3.17. The molecule has 0 bridgehead atoms. The number of likely N-dealkylation sites (tertiary alicyclic amines) is 1. The summed E-state index contributed by atoms with van der Waals surface area (Å²) in [4.78, 5) is 28.3. The molecule has 0 aliphatic carbocycles. The normalized spacial score (nSPS) is 20.7. The predicted octanol–water partition coefficient (Wildman–Crippen LogP) is 5.53. The number of nitrogens with two attached hydrogens (primary N) is 1. The molecule has 0 spiro atoms. The fourth-order valence-electron chi connectivity index (χ4n) is 5.94. The number of aliphatic carboxylic acids is 1. The van der Waals surface area contributed by atoms with Crippen LogP contribution in [0.4, 0.5) is 13.2 Å². The van der Waals surface area contributed by atoms with E-state index in [0.717, 1.165) is 46.3 Å². The standard InChI is InChI=1S/C27H36N4O3S2.C2HF3O2/c1-4-36(33,34)30-9-7-20(8-10-30)24-14-29-26-22(24)12-21(13-23(26)27(28)32)25-11-19(16-35-25)15-31-17(2)5-6-18(31)3;3-2(4,5)1(6)7/h11-14,16-18,20,29H,4-10,15H2,1-3H3,(H2,28,32);(H,6,7)/t17-,18-;/m1./s1. The minimum atomic E-state index is -5.08. The molecule has 5 rings (SSSR count). The molecule has 2 aliphatic rings. The zero-order valence-electron chi connectivity index (χ0n) is 24.3. The second-order valence-corrected chi connectivity index (χ2v) is 14.4. The summed E-state index contributed by atoms with van der Waals surface area (Å²) in [5, 5.41) is 10.4. The number of sulfonamides is 1. The number of carbonyl (C=O) groups excluding carboxylic acids is 1. The number of piperidine rings is 1. The average molecular weight is 643 g/mol. The van der Waals surface area contributed by atoms with Crippen LogP contribution in [-0.4, -0.2) is 76.7 Å². The molecule has 2 saturated heterocycles. The van der Waals surface area contributed by atoms with Gasteiger partial charge in [0.15, 0.2) is 0 Å². The SMILES string of the molecule is CCS(=O)(=O)N1CCC(c2c[nH]c3c(C(N)=O)cc(-c4cc(CN5[C@H](C)CC[C@H]5C)cs4)cc23)CC1.O=C(O)C(F)(F)F. The van der Waals surface area contributed by atoms with Crippen molar-refractivity contribution in [3.05, 3.63) is 46.5 Å². The lowest BCUT2D eigenvalue weighted by atomic mass is 9.89. The van der Waals surface area contributed by atoms with Crippen LogP contribution < -0.4 is 5.73 Å². The monoisotopic (exact) mass is 642 g/mol. The highest BCUT2D eigenvalue weighted by Crippen LogP contribution is 2.39. The molecule has 2 aliphatic heterocycles. The van der Waals surface area contributed by atoms with Gasteiger partial charge < -0.3 is 15.8 Å². The van der Waals surface area contributed by atoms with Crippen molar-refractivity contribution in [3.63, 3.8) is 0 Å². The number of benzene rings is 1. The van der Waals surface area contributed by atoms with Crippen LogP contribution in [0.25, 0.3) is 21.3 Å². The molecule has 0 saturated carbocycles. The van der Waals surface area contributed by atoms with Gasteiger partial charge >= 0.3 is 12.1 Å². The lowest BCUT2D eigenvalue weighted by molar-refractivity contribution is -0.192. The van der Waals surface area contributed by atoms with Gasteiger partial charge in [0.05, 0.1) is 16.8 Å².